The highest BCUT2D eigenvalue weighted by molar-refractivity contribution is 6.34. The molecule has 19 heavy (non-hydrogen) atoms. The molecule has 0 spiro atoms. The largest absolute Gasteiger partial charge is 0.493 e. The molecule has 4 nitrogen and oxygen atoms in total. The maximum absolute atomic E-state index is 12.3. The average Bonchev–Trinajstić information content (AvgIpc) is 2.61. The number of aromatic nitrogens is 2. The lowest BCUT2D eigenvalue weighted by Gasteiger charge is -2.11. The van der Waals surface area contributed by atoms with E-state index in [4.69, 9.17) is 23.2 Å². The van der Waals surface area contributed by atoms with Crippen LogP contribution in [-0.2, 0) is 13.0 Å². The van der Waals surface area contributed by atoms with Gasteiger partial charge in [-0.2, -0.15) is 0 Å². The third-order valence-corrected chi connectivity index (χ3v) is 3.81. The lowest BCUT2D eigenvalue weighted by atomic mass is 10.1. The quantitative estimate of drug-likeness (QED) is 0.880. The van der Waals surface area contributed by atoms with Crippen molar-refractivity contribution >= 4 is 23.2 Å². The fourth-order valence-corrected chi connectivity index (χ4v) is 3.03. The molecule has 0 unspecified atom stereocenters. The van der Waals surface area contributed by atoms with Gasteiger partial charge >= 0.3 is 5.69 Å². The lowest BCUT2D eigenvalue weighted by Crippen LogP contribution is -2.26. The summed E-state index contributed by atoms with van der Waals surface area (Å²) >= 11 is 11.9. The van der Waals surface area contributed by atoms with Gasteiger partial charge in [-0.1, -0.05) is 23.2 Å². The van der Waals surface area contributed by atoms with Crippen LogP contribution in [0.5, 0.6) is 5.88 Å². The molecule has 0 amide bonds. The van der Waals surface area contributed by atoms with Crippen molar-refractivity contribution in [3.63, 3.8) is 0 Å². The molecule has 100 valence electrons. The van der Waals surface area contributed by atoms with Crippen molar-refractivity contribution in [3.05, 3.63) is 44.4 Å². The first-order valence-electron chi connectivity index (χ1n) is 6.08. The predicted octanol–water partition coefficient (Wildman–Crippen LogP) is 2.99. The van der Waals surface area contributed by atoms with E-state index < -0.39 is 0 Å². The molecule has 0 saturated heterocycles. The van der Waals surface area contributed by atoms with Crippen LogP contribution in [0, 0.1) is 0 Å². The Hall–Kier alpha value is -1.39. The third-order valence-electron chi connectivity index (χ3n) is 3.37. The number of rotatable bonds is 1. The van der Waals surface area contributed by atoms with E-state index in [-0.39, 0.29) is 11.6 Å². The standard InChI is InChI=1S/C13H12Cl2N2O2/c14-8-5-9(15)7-10(6-8)17-12(18)11-3-1-2-4-16(11)13(17)19/h5-7,18H,1-4H2. The number of imidazole rings is 1. The number of halogens is 2. The van der Waals surface area contributed by atoms with E-state index in [0.29, 0.717) is 34.4 Å². The van der Waals surface area contributed by atoms with E-state index >= 15 is 0 Å². The van der Waals surface area contributed by atoms with E-state index in [1.165, 1.54) is 4.57 Å². The van der Waals surface area contributed by atoms with Crippen molar-refractivity contribution in [2.45, 2.75) is 25.8 Å². The summed E-state index contributed by atoms with van der Waals surface area (Å²) < 4.78 is 2.88. The van der Waals surface area contributed by atoms with Crippen molar-refractivity contribution in [3.8, 4) is 11.6 Å². The summed E-state index contributed by atoms with van der Waals surface area (Å²) in [4.78, 5) is 12.3. The van der Waals surface area contributed by atoms with E-state index in [2.05, 4.69) is 0 Å². The summed E-state index contributed by atoms with van der Waals surface area (Å²) in [6.07, 6.45) is 2.64. The zero-order valence-corrected chi connectivity index (χ0v) is 11.6. The molecular weight excluding hydrogens is 287 g/mol. The van der Waals surface area contributed by atoms with Gasteiger partial charge in [-0.25, -0.2) is 9.36 Å². The third kappa shape index (κ3) is 2.05. The Morgan fingerprint density at radius 1 is 1.11 bits per heavy atom. The van der Waals surface area contributed by atoms with Crippen LogP contribution in [0.4, 0.5) is 0 Å². The predicted molar refractivity (Wildman–Crippen MR) is 74.7 cm³/mol. The molecule has 0 atom stereocenters. The first-order chi connectivity index (χ1) is 9.08. The van der Waals surface area contributed by atoms with Gasteiger partial charge in [0.05, 0.1) is 11.4 Å². The molecular formula is C13H12Cl2N2O2. The Kier molecular flexibility index (Phi) is 3.07. The van der Waals surface area contributed by atoms with Crippen LogP contribution in [0.2, 0.25) is 10.0 Å². The summed E-state index contributed by atoms with van der Waals surface area (Å²) in [7, 11) is 0. The van der Waals surface area contributed by atoms with Crippen molar-refractivity contribution in [2.75, 3.05) is 0 Å². The van der Waals surface area contributed by atoms with Crippen LogP contribution in [0.1, 0.15) is 18.5 Å². The van der Waals surface area contributed by atoms with Crippen molar-refractivity contribution in [2.24, 2.45) is 0 Å². The summed E-state index contributed by atoms with van der Waals surface area (Å²) in [5.74, 6) is -0.0111. The Morgan fingerprint density at radius 2 is 1.79 bits per heavy atom. The summed E-state index contributed by atoms with van der Waals surface area (Å²) in [5.41, 5.74) is 0.930. The molecule has 1 aromatic heterocycles. The van der Waals surface area contributed by atoms with Crippen molar-refractivity contribution < 1.29 is 5.11 Å². The normalized spacial score (nSPS) is 14.4. The van der Waals surface area contributed by atoms with Crippen LogP contribution in [-0.4, -0.2) is 14.2 Å². The second-order valence-corrected chi connectivity index (χ2v) is 5.50. The molecule has 1 aliphatic heterocycles. The minimum absolute atomic E-state index is 0.0111. The highest BCUT2D eigenvalue weighted by Gasteiger charge is 2.22. The minimum atomic E-state index is -0.245. The Labute approximate surface area is 119 Å². The summed E-state index contributed by atoms with van der Waals surface area (Å²) in [5, 5.41) is 11.1. The van der Waals surface area contributed by atoms with E-state index in [1.807, 2.05) is 0 Å². The second kappa shape index (κ2) is 4.62. The molecule has 0 radical (unpaired) electrons. The number of hydrogen-bond donors (Lipinski definition) is 1. The van der Waals surface area contributed by atoms with Gasteiger partial charge in [0, 0.05) is 16.6 Å². The fraction of sp³-hybridized carbons (Fsp3) is 0.308. The first-order valence-corrected chi connectivity index (χ1v) is 6.83. The summed E-state index contributed by atoms with van der Waals surface area (Å²) in [6, 6.07) is 4.81. The molecule has 1 aromatic carbocycles. The zero-order chi connectivity index (χ0) is 13.6. The summed E-state index contributed by atoms with van der Waals surface area (Å²) in [6.45, 7) is 0.642. The molecule has 0 saturated carbocycles. The van der Waals surface area contributed by atoms with Crippen LogP contribution < -0.4 is 5.69 Å². The zero-order valence-electron chi connectivity index (χ0n) is 10.1. The number of nitrogens with zero attached hydrogens (tertiary/aromatic N) is 2. The maximum atomic E-state index is 12.3. The number of benzene rings is 1. The molecule has 2 heterocycles. The van der Waals surface area contributed by atoms with Gasteiger partial charge in [0.1, 0.15) is 0 Å². The molecule has 1 aliphatic rings. The first kappa shape index (κ1) is 12.6. The minimum Gasteiger partial charge on any atom is -0.493 e. The maximum Gasteiger partial charge on any atom is 0.335 e. The number of aromatic hydroxyl groups is 1. The van der Waals surface area contributed by atoms with Gasteiger partial charge in [0.2, 0.25) is 5.88 Å². The molecule has 2 aromatic rings. The van der Waals surface area contributed by atoms with Crippen LogP contribution >= 0.6 is 23.2 Å². The second-order valence-electron chi connectivity index (χ2n) is 4.62. The number of fused-ring (bicyclic) bond motifs is 1. The van der Waals surface area contributed by atoms with Gasteiger partial charge in [0.25, 0.3) is 0 Å². The van der Waals surface area contributed by atoms with Crippen LogP contribution in [0.3, 0.4) is 0 Å². The smallest absolute Gasteiger partial charge is 0.335 e. The van der Waals surface area contributed by atoms with Gasteiger partial charge < -0.3 is 5.11 Å². The molecule has 6 heteroatoms. The van der Waals surface area contributed by atoms with Gasteiger partial charge in [-0.05, 0) is 37.5 Å². The molecule has 0 aliphatic carbocycles. The molecule has 1 N–H and O–H groups in total. The Bertz CT molecular complexity index is 683. The monoisotopic (exact) mass is 298 g/mol. The molecule has 3 rings (SSSR count). The van der Waals surface area contributed by atoms with Gasteiger partial charge in [0.15, 0.2) is 0 Å². The topological polar surface area (TPSA) is 47.2 Å². The Morgan fingerprint density at radius 3 is 2.42 bits per heavy atom. The average molecular weight is 299 g/mol. The highest BCUT2D eigenvalue weighted by atomic mass is 35.5. The van der Waals surface area contributed by atoms with Crippen molar-refractivity contribution in [1.82, 2.24) is 9.13 Å². The molecule has 0 bridgehead atoms. The van der Waals surface area contributed by atoms with Crippen LogP contribution in [0.15, 0.2) is 23.0 Å². The fourth-order valence-electron chi connectivity index (χ4n) is 2.52. The lowest BCUT2D eigenvalue weighted by molar-refractivity contribution is 0.426. The van der Waals surface area contributed by atoms with Crippen LogP contribution in [0.25, 0.3) is 5.69 Å². The van der Waals surface area contributed by atoms with E-state index in [9.17, 15) is 9.90 Å². The van der Waals surface area contributed by atoms with Crippen molar-refractivity contribution in [1.29, 1.82) is 0 Å². The van der Waals surface area contributed by atoms with E-state index in [1.54, 1.807) is 22.8 Å². The van der Waals surface area contributed by atoms with Gasteiger partial charge in [-0.15, -0.1) is 0 Å². The number of hydrogen-bond acceptors (Lipinski definition) is 2. The van der Waals surface area contributed by atoms with E-state index in [0.717, 1.165) is 12.8 Å². The van der Waals surface area contributed by atoms with Gasteiger partial charge in [-0.3, -0.25) is 4.57 Å². The molecule has 0 fully saturated rings. The highest BCUT2D eigenvalue weighted by Crippen LogP contribution is 2.28. The Balaban J connectivity index is 2.25. The SMILES string of the molecule is O=c1n2c(c(O)n1-c1cc(Cl)cc(Cl)c1)CCCC2.